The molecule has 7 heteroatoms. The minimum atomic E-state index is -0.866. The summed E-state index contributed by atoms with van der Waals surface area (Å²) < 4.78 is 5.58. The van der Waals surface area contributed by atoms with E-state index in [1.807, 2.05) is 38.1 Å². The van der Waals surface area contributed by atoms with Crippen LogP contribution >= 0.6 is 0 Å². The standard InChI is InChI=1S/C27H32N2O5/c1-3-18(25(30)29-15-19(26(31)32)13-12-17(29)2)14-28-27(33)34-16-24-22-10-6-4-8-20(22)21-9-5-7-11-23(21)24/h4-11,17-19,24H,3,12-16H2,1-2H3,(H,28,33)(H,31,32). The first-order valence-corrected chi connectivity index (χ1v) is 12.0. The molecule has 1 fully saturated rings. The second-order valence-electron chi connectivity index (χ2n) is 9.26. The van der Waals surface area contributed by atoms with E-state index < -0.39 is 23.9 Å². The molecule has 1 heterocycles. The monoisotopic (exact) mass is 464 g/mol. The van der Waals surface area contributed by atoms with Gasteiger partial charge in [0.2, 0.25) is 5.91 Å². The van der Waals surface area contributed by atoms with Gasteiger partial charge in [-0.15, -0.1) is 0 Å². The maximum Gasteiger partial charge on any atom is 0.407 e. The van der Waals surface area contributed by atoms with Crippen molar-refractivity contribution >= 4 is 18.0 Å². The van der Waals surface area contributed by atoms with Crippen LogP contribution in [0.2, 0.25) is 0 Å². The Morgan fingerprint density at radius 1 is 1.06 bits per heavy atom. The second-order valence-corrected chi connectivity index (χ2v) is 9.26. The first kappa shape index (κ1) is 23.8. The number of carbonyl (C=O) groups is 3. The highest BCUT2D eigenvalue weighted by atomic mass is 16.5. The van der Waals surface area contributed by atoms with Crippen molar-refractivity contribution in [2.75, 3.05) is 19.7 Å². The lowest BCUT2D eigenvalue weighted by Gasteiger charge is -2.38. The Labute approximate surface area is 200 Å². The van der Waals surface area contributed by atoms with E-state index in [-0.39, 0.29) is 37.6 Å². The van der Waals surface area contributed by atoms with Gasteiger partial charge in [0.25, 0.3) is 0 Å². The molecule has 2 N–H and O–H groups in total. The van der Waals surface area contributed by atoms with Crippen molar-refractivity contribution in [2.45, 2.75) is 45.1 Å². The third-order valence-electron chi connectivity index (χ3n) is 7.19. The molecule has 0 saturated carbocycles. The normalized spacial score (nSPS) is 20.2. The quantitative estimate of drug-likeness (QED) is 0.638. The molecule has 2 aromatic rings. The predicted molar refractivity (Wildman–Crippen MR) is 128 cm³/mol. The lowest BCUT2D eigenvalue weighted by atomic mass is 9.91. The number of amides is 2. The van der Waals surface area contributed by atoms with Crippen molar-refractivity contribution in [3.63, 3.8) is 0 Å². The highest BCUT2D eigenvalue weighted by Crippen LogP contribution is 2.44. The number of nitrogens with one attached hydrogen (secondary N) is 1. The van der Waals surface area contributed by atoms with Crippen LogP contribution in [0.25, 0.3) is 11.1 Å². The maximum atomic E-state index is 13.1. The van der Waals surface area contributed by atoms with Gasteiger partial charge in [-0.25, -0.2) is 4.79 Å². The minimum absolute atomic E-state index is 0.00777. The summed E-state index contributed by atoms with van der Waals surface area (Å²) in [7, 11) is 0. The fourth-order valence-electron chi connectivity index (χ4n) is 5.11. The number of alkyl carbamates (subject to hydrolysis) is 1. The molecule has 1 saturated heterocycles. The van der Waals surface area contributed by atoms with Crippen molar-refractivity contribution in [1.82, 2.24) is 10.2 Å². The van der Waals surface area contributed by atoms with Gasteiger partial charge in [-0.3, -0.25) is 9.59 Å². The fraction of sp³-hybridized carbons (Fsp3) is 0.444. The third-order valence-corrected chi connectivity index (χ3v) is 7.19. The van der Waals surface area contributed by atoms with Gasteiger partial charge >= 0.3 is 12.1 Å². The van der Waals surface area contributed by atoms with Gasteiger partial charge in [-0.05, 0) is 48.4 Å². The Morgan fingerprint density at radius 3 is 2.26 bits per heavy atom. The van der Waals surface area contributed by atoms with Crippen LogP contribution < -0.4 is 5.32 Å². The molecule has 3 unspecified atom stereocenters. The number of benzene rings is 2. The smallest absolute Gasteiger partial charge is 0.407 e. The van der Waals surface area contributed by atoms with Crippen LogP contribution in [0.1, 0.15) is 50.2 Å². The van der Waals surface area contributed by atoms with Crippen molar-refractivity contribution in [1.29, 1.82) is 0 Å². The Morgan fingerprint density at radius 2 is 1.68 bits per heavy atom. The largest absolute Gasteiger partial charge is 0.481 e. The summed E-state index contributed by atoms with van der Waals surface area (Å²) in [4.78, 5) is 38.7. The van der Waals surface area contributed by atoms with Crippen molar-refractivity contribution in [3.05, 3.63) is 59.7 Å². The van der Waals surface area contributed by atoms with Crippen LogP contribution in [0.5, 0.6) is 0 Å². The molecule has 4 rings (SSSR count). The van der Waals surface area contributed by atoms with Crippen LogP contribution in [0.15, 0.2) is 48.5 Å². The molecule has 2 amide bonds. The van der Waals surface area contributed by atoms with Gasteiger partial charge in [0, 0.05) is 25.0 Å². The number of rotatable bonds is 7. The number of fused-ring (bicyclic) bond motifs is 3. The zero-order valence-electron chi connectivity index (χ0n) is 19.7. The predicted octanol–water partition coefficient (Wildman–Crippen LogP) is 4.26. The van der Waals surface area contributed by atoms with Crippen LogP contribution in [0.4, 0.5) is 4.79 Å². The summed E-state index contributed by atoms with van der Waals surface area (Å²) >= 11 is 0. The molecule has 180 valence electrons. The van der Waals surface area contributed by atoms with Gasteiger partial charge in [0.05, 0.1) is 11.8 Å². The van der Waals surface area contributed by atoms with E-state index in [1.165, 1.54) is 11.1 Å². The number of carbonyl (C=O) groups excluding carboxylic acids is 2. The molecule has 0 bridgehead atoms. The molecular formula is C27H32N2O5. The Hall–Kier alpha value is -3.35. The summed E-state index contributed by atoms with van der Waals surface area (Å²) in [5, 5.41) is 12.1. The Balaban J connectivity index is 1.34. The number of hydrogen-bond donors (Lipinski definition) is 2. The number of aliphatic carboxylic acids is 1. The molecule has 2 aromatic carbocycles. The van der Waals surface area contributed by atoms with Crippen LogP contribution in [0.3, 0.4) is 0 Å². The van der Waals surface area contributed by atoms with E-state index in [0.29, 0.717) is 19.3 Å². The zero-order chi connectivity index (χ0) is 24.2. The highest BCUT2D eigenvalue weighted by molar-refractivity contribution is 5.82. The molecule has 1 aliphatic carbocycles. The molecule has 34 heavy (non-hydrogen) atoms. The molecule has 7 nitrogen and oxygen atoms in total. The fourth-order valence-corrected chi connectivity index (χ4v) is 5.11. The molecule has 0 radical (unpaired) electrons. The summed E-state index contributed by atoms with van der Waals surface area (Å²) in [6, 6.07) is 16.3. The van der Waals surface area contributed by atoms with E-state index in [4.69, 9.17) is 4.74 Å². The molecule has 2 aliphatic rings. The average Bonchev–Trinajstić information content (AvgIpc) is 3.16. The van der Waals surface area contributed by atoms with Crippen molar-refractivity contribution in [3.8, 4) is 11.1 Å². The van der Waals surface area contributed by atoms with Crippen LogP contribution in [0, 0.1) is 11.8 Å². The number of piperidine rings is 1. The number of likely N-dealkylation sites (tertiary alicyclic amines) is 1. The summed E-state index contributed by atoms with van der Waals surface area (Å²) in [5.41, 5.74) is 4.62. The topological polar surface area (TPSA) is 95.9 Å². The van der Waals surface area contributed by atoms with Crippen molar-refractivity contribution < 1.29 is 24.2 Å². The van der Waals surface area contributed by atoms with Gasteiger partial charge in [-0.1, -0.05) is 55.5 Å². The molecule has 0 aromatic heterocycles. The second kappa shape index (κ2) is 10.3. The molecule has 1 aliphatic heterocycles. The lowest BCUT2D eigenvalue weighted by Crippen LogP contribution is -2.51. The van der Waals surface area contributed by atoms with Gasteiger partial charge < -0.3 is 20.1 Å². The maximum absolute atomic E-state index is 13.1. The summed E-state index contributed by atoms with van der Waals surface area (Å²) in [6.07, 6.45) is 1.24. The van der Waals surface area contributed by atoms with Crippen LogP contribution in [-0.4, -0.2) is 53.7 Å². The number of carboxylic acid groups (broad SMARTS) is 1. The summed E-state index contributed by atoms with van der Waals surface area (Å²) in [6.45, 7) is 4.44. The van der Waals surface area contributed by atoms with Gasteiger partial charge in [0.15, 0.2) is 0 Å². The van der Waals surface area contributed by atoms with E-state index in [9.17, 15) is 19.5 Å². The first-order chi connectivity index (χ1) is 16.4. The number of ether oxygens (including phenoxy) is 1. The minimum Gasteiger partial charge on any atom is -0.481 e. The Bertz CT molecular complexity index is 1020. The van der Waals surface area contributed by atoms with E-state index in [0.717, 1.165) is 11.1 Å². The molecular weight excluding hydrogens is 432 g/mol. The number of carboxylic acids is 1. The lowest BCUT2D eigenvalue weighted by molar-refractivity contribution is -0.148. The first-order valence-electron chi connectivity index (χ1n) is 12.0. The average molecular weight is 465 g/mol. The summed E-state index contributed by atoms with van der Waals surface area (Å²) in [5.74, 6) is -1.96. The SMILES string of the molecule is CCC(CNC(=O)OCC1c2ccccc2-c2ccccc21)C(=O)N1CC(C(=O)O)CCC1C. The Kier molecular flexibility index (Phi) is 7.20. The van der Waals surface area contributed by atoms with E-state index >= 15 is 0 Å². The molecule has 0 spiro atoms. The van der Waals surface area contributed by atoms with E-state index in [1.54, 1.807) is 4.90 Å². The van der Waals surface area contributed by atoms with Crippen molar-refractivity contribution in [2.24, 2.45) is 11.8 Å². The number of hydrogen-bond acceptors (Lipinski definition) is 4. The highest BCUT2D eigenvalue weighted by Gasteiger charge is 2.35. The van der Waals surface area contributed by atoms with E-state index in [2.05, 4.69) is 29.6 Å². The van der Waals surface area contributed by atoms with Gasteiger partial charge in [-0.2, -0.15) is 0 Å². The van der Waals surface area contributed by atoms with Crippen LogP contribution in [-0.2, 0) is 14.3 Å². The zero-order valence-corrected chi connectivity index (χ0v) is 19.7. The third kappa shape index (κ3) is 4.79. The van der Waals surface area contributed by atoms with Gasteiger partial charge in [0.1, 0.15) is 6.61 Å². The molecule has 3 atom stereocenters. The number of nitrogens with zero attached hydrogens (tertiary/aromatic N) is 1.